The largest absolute Gasteiger partial charge is 0.494 e. The highest BCUT2D eigenvalue weighted by Gasteiger charge is 2.08. The molecule has 0 unspecified atom stereocenters. The van der Waals surface area contributed by atoms with Gasteiger partial charge >= 0.3 is 5.97 Å². The lowest BCUT2D eigenvalue weighted by atomic mass is 10.1. The number of nitrogens with one attached hydrogen (secondary N) is 1. The van der Waals surface area contributed by atoms with Gasteiger partial charge in [0.2, 0.25) is 5.91 Å². The molecule has 2 aromatic carbocycles. The molecule has 2 aromatic rings. The van der Waals surface area contributed by atoms with E-state index in [9.17, 15) is 14.4 Å². The minimum absolute atomic E-state index is 0.0223. The van der Waals surface area contributed by atoms with E-state index in [1.54, 1.807) is 36.4 Å². The topological polar surface area (TPSA) is 92.7 Å². The molecule has 0 aliphatic carbocycles. The smallest absolute Gasteiger partial charge is 0.303 e. The van der Waals surface area contributed by atoms with Gasteiger partial charge in [-0.2, -0.15) is 0 Å². The second-order valence-electron chi connectivity index (χ2n) is 5.64. The first-order valence-electron chi connectivity index (χ1n) is 8.48. The summed E-state index contributed by atoms with van der Waals surface area (Å²) < 4.78 is 5.36. The van der Waals surface area contributed by atoms with Crippen molar-refractivity contribution in [3.05, 3.63) is 54.1 Å². The first-order valence-corrected chi connectivity index (χ1v) is 9.47. The Kier molecular flexibility index (Phi) is 7.88. The predicted octanol–water partition coefficient (Wildman–Crippen LogP) is 3.86. The minimum atomic E-state index is -1.01. The van der Waals surface area contributed by atoms with E-state index >= 15 is 0 Å². The first kappa shape index (κ1) is 20.5. The van der Waals surface area contributed by atoms with Crippen LogP contribution in [-0.2, 0) is 9.59 Å². The number of thioether (sulfide) groups is 1. The monoisotopic (exact) mass is 387 g/mol. The number of rotatable bonds is 10. The Balaban J connectivity index is 1.82. The molecule has 0 fully saturated rings. The molecule has 7 heteroatoms. The zero-order valence-corrected chi connectivity index (χ0v) is 15.8. The van der Waals surface area contributed by atoms with Crippen LogP contribution >= 0.6 is 11.8 Å². The average molecular weight is 387 g/mol. The van der Waals surface area contributed by atoms with Crippen molar-refractivity contribution in [2.75, 3.05) is 17.7 Å². The molecule has 0 aliphatic heterocycles. The Morgan fingerprint density at radius 1 is 1.00 bits per heavy atom. The summed E-state index contributed by atoms with van der Waals surface area (Å²) in [7, 11) is 0. The number of carbonyl (C=O) groups is 3. The molecule has 0 saturated carbocycles. The SMILES string of the molecule is CCOc1ccc(C(=O)CSc2ccc(NC(=O)CCC(=O)O)cc2)cc1. The highest BCUT2D eigenvalue weighted by Crippen LogP contribution is 2.22. The van der Waals surface area contributed by atoms with E-state index in [0.29, 0.717) is 23.6 Å². The van der Waals surface area contributed by atoms with Crippen LogP contribution in [0.25, 0.3) is 0 Å². The van der Waals surface area contributed by atoms with Crippen molar-refractivity contribution in [2.24, 2.45) is 0 Å². The number of carbonyl (C=O) groups excluding carboxylic acids is 2. The third kappa shape index (κ3) is 7.15. The maximum absolute atomic E-state index is 12.3. The number of aliphatic carboxylic acids is 1. The maximum Gasteiger partial charge on any atom is 0.303 e. The Bertz CT molecular complexity index is 787. The van der Waals surface area contributed by atoms with Gasteiger partial charge in [-0.3, -0.25) is 14.4 Å². The van der Waals surface area contributed by atoms with E-state index in [1.807, 2.05) is 19.1 Å². The summed E-state index contributed by atoms with van der Waals surface area (Å²) in [5.41, 5.74) is 1.22. The molecule has 0 bridgehead atoms. The van der Waals surface area contributed by atoms with Crippen LogP contribution in [-0.4, -0.2) is 35.1 Å². The molecule has 142 valence electrons. The number of hydrogen-bond acceptors (Lipinski definition) is 5. The maximum atomic E-state index is 12.3. The van der Waals surface area contributed by atoms with Gasteiger partial charge in [-0.25, -0.2) is 0 Å². The van der Waals surface area contributed by atoms with Crippen LogP contribution in [0.5, 0.6) is 5.75 Å². The van der Waals surface area contributed by atoms with Crippen molar-refractivity contribution in [3.63, 3.8) is 0 Å². The minimum Gasteiger partial charge on any atom is -0.494 e. The van der Waals surface area contributed by atoms with E-state index in [1.165, 1.54) is 11.8 Å². The molecular weight excluding hydrogens is 366 g/mol. The normalized spacial score (nSPS) is 10.3. The predicted molar refractivity (Wildman–Crippen MR) is 105 cm³/mol. The van der Waals surface area contributed by atoms with Crippen molar-refractivity contribution < 1.29 is 24.2 Å². The molecule has 0 radical (unpaired) electrons. The summed E-state index contributed by atoms with van der Waals surface area (Å²) in [5, 5.41) is 11.2. The molecular formula is C20H21NO5S. The van der Waals surface area contributed by atoms with Gasteiger partial charge in [0.15, 0.2) is 5.78 Å². The van der Waals surface area contributed by atoms with Crippen LogP contribution < -0.4 is 10.1 Å². The third-order valence-electron chi connectivity index (χ3n) is 3.56. The Morgan fingerprint density at radius 3 is 2.26 bits per heavy atom. The number of amides is 1. The number of carboxylic acid groups (broad SMARTS) is 1. The fourth-order valence-corrected chi connectivity index (χ4v) is 3.01. The quantitative estimate of drug-likeness (QED) is 0.475. The molecule has 0 aromatic heterocycles. The Morgan fingerprint density at radius 2 is 1.67 bits per heavy atom. The number of benzene rings is 2. The zero-order valence-electron chi connectivity index (χ0n) is 14.9. The van der Waals surface area contributed by atoms with Crippen molar-refractivity contribution >= 4 is 35.1 Å². The summed E-state index contributed by atoms with van der Waals surface area (Å²) in [4.78, 5) is 35.2. The number of ketones is 1. The van der Waals surface area contributed by atoms with Crippen molar-refractivity contribution in [1.82, 2.24) is 0 Å². The molecule has 0 saturated heterocycles. The molecule has 1 amide bonds. The van der Waals surface area contributed by atoms with E-state index in [-0.39, 0.29) is 24.5 Å². The second kappa shape index (κ2) is 10.4. The molecule has 27 heavy (non-hydrogen) atoms. The highest BCUT2D eigenvalue weighted by atomic mass is 32.2. The summed E-state index contributed by atoms with van der Waals surface area (Å²) in [6.07, 6.45) is -0.268. The van der Waals surface area contributed by atoms with Gasteiger partial charge in [-0.15, -0.1) is 11.8 Å². The standard InChI is InChI=1S/C20H21NO5S/c1-2-26-16-7-3-14(4-8-16)18(22)13-27-17-9-5-15(6-10-17)21-19(23)11-12-20(24)25/h3-10H,2,11-13H2,1H3,(H,21,23)(H,24,25). The van der Waals surface area contributed by atoms with Gasteiger partial charge in [0.1, 0.15) is 5.75 Å². The summed E-state index contributed by atoms with van der Waals surface area (Å²) >= 11 is 1.41. The van der Waals surface area contributed by atoms with E-state index in [0.717, 1.165) is 10.6 Å². The number of ether oxygens (including phenoxy) is 1. The van der Waals surface area contributed by atoms with Crippen LogP contribution in [0.15, 0.2) is 53.4 Å². The third-order valence-corrected chi connectivity index (χ3v) is 4.57. The molecule has 0 heterocycles. The lowest BCUT2D eigenvalue weighted by Crippen LogP contribution is -2.13. The molecule has 2 N–H and O–H groups in total. The molecule has 0 spiro atoms. The van der Waals surface area contributed by atoms with Crippen LogP contribution in [0.1, 0.15) is 30.1 Å². The lowest BCUT2D eigenvalue weighted by molar-refractivity contribution is -0.138. The lowest BCUT2D eigenvalue weighted by Gasteiger charge is -2.07. The number of Topliss-reactive ketones (excluding diaryl/α,β-unsaturated/α-hetero) is 1. The summed E-state index contributed by atoms with van der Waals surface area (Å²) in [6, 6.07) is 14.1. The average Bonchev–Trinajstić information content (AvgIpc) is 2.66. The highest BCUT2D eigenvalue weighted by molar-refractivity contribution is 8.00. The summed E-state index contributed by atoms with van der Waals surface area (Å²) in [5.74, 6) is -0.285. The van der Waals surface area contributed by atoms with Crippen molar-refractivity contribution in [1.29, 1.82) is 0 Å². The van der Waals surface area contributed by atoms with Gasteiger partial charge in [0, 0.05) is 22.6 Å². The van der Waals surface area contributed by atoms with Crippen molar-refractivity contribution in [2.45, 2.75) is 24.7 Å². The van der Waals surface area contributed by atoms with E-state index in [2.05, 4.69) is 5.32 Å². The Hall–Kier alpha value is -2.80. The molecule has 0 atom stereocenters. The van der Waals surface area contributed by atoms with Crippen LogP contribution in [0.2, 0.25) is 0 Å². The number of hydrogen-bond donors (Lipinski definition) is 2. The van der Waals surface area contributed by atoms with Crippen LogP contribution in [0.4, 0.5) is 5.69 Å². The molecule has 0 aliphatic rings. The fourth-order valence-electron chi connectivity index (χ4n) is 2.21. The van der Waals surface area contributed by atoms with E-state index < -0.39 is 5.97 Å². The number of anilines is 1. The van der Waals surface area contributed by atoms with Crippen LogP contribution in [0, 0.1) is 0 Å². The zero-order chi connectivity index (χ0) is 19.6. The van der Waals surface area contributed by atoms with Gasteiger partial charge in [0.05, 0.1) is 18.8 Å². The van der Waals surface area contributed by atoms with E-state index in [4.69, 9.17) is 9.84 Å². The van der Waals surface area contributed by atoms with Gasteiger partial charge < -0.3 is 15.2 Å². The van der Waals surface area contributed by atoms with Gasteiger partial charge in [0.25, 0.3) is 0 Å². The molecule has 2 rings (SSSR count). The molecule has 6 nitrogen and oxygen atoms in total. The number of carboxylic acids is 1. The second-order valence-corrected chi connectivity index (χ2v) is 6.68. The van der Waals surface area contributed by atoms with Crippen molar-refractivity contribution in [3.8, 4) is 5.75 Å². The first-order chi connectivity index (χ1) is 13.0. The summed E-state index contributed by atoms with van der Waals surface area (Å²) in [6.45, 7) is 2.49. The Labute approximate surface area is 161 Å². The van der Waals surface area contributed by atoms with Crippen LogP contribution in [0.3, 0.4) is 0 Å². The fraction of sp³-hybridized carbons (Fsp3) is 0.250. The van der Waals surface area contributed by atoms with Gasteiger partial charge in [-0.1, -0.05) is 0 Å². The van der Waals surface area contributed by atoms with Gasteiger partial charge in [-0.05, 0) is 55.5 Å².